The molecule has 0 heterocycles. The summed E-state index contributed by atoms with van der Waals surface area (Å²) >= 11 is 0. The minimum absolute atomic E-state index is 0.236. The molecule has 0 fully saturated rings. The van der Waals surface area contributed by atoms with E-state index >= 15 is 0 Å². The summed E-state index contributed by atoms with van der Waals surface area (Å²) in [6.07, 6.45) is 9.48. The largest absolute Gasteiger partial charge is 0.468 e. The summed E-state index contributed by atoms with van der Waals surface area (Å²) in [6.45, 7) is 5.46. The molecule has 0 aromatic rings. The fourth-order valence-corrected chi connectivity index (χ4v) is 1.62. The third-order valence-electron chi connectivity index (χ3n) is 2.64. The molecule has 0 aliphatic carbocycles. The number of hydrogen-bond donors (Lipinski definition) is 0. The Kier molecular flexibility index (Phi) is 7.28. The monoisotopic (exact) mass is 264 g/mol. The summed E-state index contributed by atoms with van der Waals surface area (Å²) in [5.41, 5.74) is -0.742. The van der Waals surface area contributed by atoms with Gasteiger partial charge in [-0.2, -0.15) is 0 Å². The van der Waals surface area contributed by atoms with E-state index in [-0.39, 0.29) is 6.42 Å². The zero-order valence-corrected chi connectivity index (χ0v) is 11.7. The number of carbonyl (C=O) groups excluding carboxylic acids is 2. The lowest BCUT2D eigenvalue weighted by atomic mass is 9.81. The van der Waals surface area contributed by atoms with Crippen molar-refractivity contribution < 1.29 is 19.1 Å². The fourth-order valence-electron chi connectivity index (χ4n) is 1.62. The zero-order chi connectivity index (χ0) is 14.9. The molecule has 0 radical (unpaired) electrons. The van der Waals surface area contributed by atoms with E-state index < -0.39 is 17.4 Å². The summed E-state index contributed by atoms with van der Waals surface area (Å²) in [5, 5.41) is 0. The number of esters is 2. The van der Waals surface area contributed by atoms with E-state index in [1.807, 2.05) is 0 Å². The van der Waals surface area contributed by atoms with E-state index in [4.69, 9.17) is 15.9 Å². The van der Waals surface area contributed by atoms with Gasteiger partial charge in [-0.3, -0.25) is 9.59 Å². The van der Waals surface area contributed by atoms with Crippen molar-refractivity contribution >= 4 is 11.9 Å². The number of carbonyl (C=O) groups is 2. The van der Waals surface area contributed by atoms with Crippen molar-refractivity contribution in [2.24, 2.45) is 5.41 Å². The van der Waals surface area contributed by atoms with Crippen molar-refractivity contribution in [3.05, 3.63) is 24.3 Å². The molecule has 0 unspecified atom stereocenters. The van der Waals surface area contributed by atoms with Crippen LogP contribution in [0.5, 0.6) is 0 Å². The number of rotatable bonds is 7. The molecule has 4 heteroatoms. The van der Waals surface area contributed by atoms with Gasteiger partial charge in [0, 0.05) is 6.42 Å². The number of unbranched alkanes of at least 4 members (excludes halogenated alkanes) is 1. The highest BCUT2D eigenvalue weighted by Crippen LogP contribution is 2.30. The first kappa shape index (κ1) is 17.0. The molecule has 0 atom stereocenters. The minimum Gasteiger partial charge on any atom is -0.468 e. The lowest BCUT2D eigenvalue weighted by Crippen LogP contribution is -2.39. The highest BCUT2D eigenvalue weighted by atomic mass is 16.5. The summed E-state index contributed by atoms with van der Waals surface area (Å²) in [4.78, 5) is 24.0. The Morgan fingerprint density at radius 1 is 1.32 bits per heavy atom. The van der Waals surface area contributed by atoms with Crippen LogP contribution in [0, 0.1) is 17.8 Å². The van der Waals surface area contributed by atoms with E-state index in [9.17, 15) is 9.59 Å². The molecule has 4 nitrogen and oxygen atoms in total. The van der Waals surface area contributed by atoms with Crippen LogP contribution < -0.4 is 0 Å². The Morgan fingerprint density at radius 3 is 2.21 bits per heavy atom. The lowest BCUT2D eigenvalue weighted by molar-refractivity contribution is -0.165. The first-order chi connectivity index (χ1) is 8.94. The molecule has 0 spiro atoms. The molecular formula is C15H20O4. The highest BCUT2D eigenvalue weighted by molar-refractivity contribution is 6.02. The third kappa shape index (κ3) is 4.63. The second kappa shape index (κ2) is 8.15. The maximum Gasteiger partial charge on any atom is 0.327 e. The predicted octanol–water partition coefficient (Wildman–Crippen LogP) is 2.25. The van der Waals surface area contributed by atoms with E-state index in [2.05, 4.69) is 12.5 Å². The Labute approximate surface area is 114 Å². The average Bonchev–Trinajstić information content (AvgIpc) is 2.40. The molecule has 0 amide bonds. The predicted molar refractivity (Wildman–Crippen MR) is 73.1 cm³/mol. The second-order valence-corrected chi connectivity index (χ2v) is 4.19. The number of hydrogen-bond acceptors (Lipinski definition) is 4. The van der Waals surface area contributed by atoms with Crippen molar-refractivity contribution in [1.29, 1.82) is 0 Å². The van der Waals surface area contributed by atoms with Crippen molar-refractivity contribution in [3.63, 3.8) is 0 Å². The zero-order valence-electron chi connectivity index (χ0n) is 11.7. The molecule has 0 N–H and O–H groups in total. The second-order valence-electron chi connectivity index (χ2n) is 4.19. The van der Waals surface area contributed by atoms with Crippen LogP contribution in [0.4, 0.5) is 0 Å². The Morgan fingerprint density at radius 2 is 1.84 bits per heavy atom. The molecular weight excluding hydrogens is 244 g/mol. The van der Waals surface area contributed by atoms with Crippen molar-refractivity contribution in [2.45, 2.75) is 26.2 Å². The van der Waals surface area contributed by atoms with Gasteiger partial charge in [0.05, 0.1) is 14.2 Å². The van der Waals surface area contributed by atoms with Crippen LogP contribution in [0.25, 0.3) is 0 Å². The summed E-state index contributed by atoms with van der Waals surface area (Å²) in [5.74, 6) is 1.16. The van der Waals surface area contributed by atoms with E-state index in [1.54, 1.807) is 13.0 Å². The van der Waals surface area contributed by atoms with E-state index in [0.717, 1.165) is 0 Å². The van der Waals surface area contributed by atoms with Crippen LogP contribution in [0.1, 0.15) is 26.2 Å². The number of ether oxygens (including phenoxy) is 2. The Balaban J connectivity index is 5.45. The molecule has 0 bridgehead atoms. The van der Waals surface area contributed by atoms with Gasteiger partial charge in [-0.1, -0.05) is 24.3 Å². The van der Waals surface area contributed by atoms with Crippen LogP contribution in [0.2, 0.25) is 0 Å². The molecule has 0 aliphatic heterocycles. The molecule has 0 aromatic heterocycles. The van der Waals surface area contributed by atoms with Gasteiger partial charge < -0.3 is 9.47 Å². The highest BCUT2D eigenvalue weighted by Gasteiger charge is 2.45. The molecule has 0 saturated heterocycles. The molecule has 19 heavy (non-hydrogen) atoms. The van der Waals surface area contributed by atoms with Crippen molar-refractivity contribution in [1.82, 2.24) is 0 Å². The standard InChI is InChI=1S/C15H20O4/c1-6-7-8-10-15(13(16)18-4,14(17)19-5)11-9-12(2)3/h1,9,11H,2,7-8,10H2,3-5H3/b11-9+. The van der Waals surface area contributed by atoms with Crippen LogP contribution >= 0.6 is 0 Å². The maximum absolute atomic E-state index is 12.0. The maximum atomic E-state index is 12.0. The molecule has 0 aromatic carbocycles. The molecule has 0 rings (SSSR count). The summed E-state index contributed by atoms with van der Waals surface area (Å²) in [7, 11) is 2.46. The van der Waals surface area contributed by atoms with Crippen LogP contribution in [-0.4, -0.2) is 26.2 Å². The first-order valence-electron chi connectivity index (χ1n) is 5.89. The Bertz CT molecular complexity index is 396. The fraction of sp³-hybridized carbons (Fsp3) is 0.467. The van der Waals surface area contributed by atoms with Gasteiger partial charge in [0.2, 0.25) is 0 Å². The van der Waals surface area contributed by atoms with Gasteiger partial charge in [0.1, 0.15) is 0 Å². The van der Waals surface area contributed by atoms with Crippen LogP contribution in [0.15, 0.2) is 24.3 Å². The van der Waals surface area contributed by atoms with E-state index in [0.29, 0.717) is 18.4 Å². The minimum atomic E-state index is -1.46. The first-order valence-corrected chi connectivity index (χ1v) is 5.89. The van der Waals surface area contributed by atoms with Gasteiger partial charge in [-0.05, 0) is 19.8 Å². The van der Waals surface area contributed by atoms with Gasteiger partial charge >= 0.3 is 11.9 Å². The molecule has 0 aliphatic rings. The number of allylic oxidation sites excluding steroid dienone is 2. The van der Waals surface area contributed by atoms with Gasteiger partial charge in [0.15, 0.2) is 5.41 Å². The number of methoxy groups -OCH3 is 2. The smallest absolute Gasteiger partial charge is 0.327 e. The van der Waals surface area contributed by atoms with Crippen LogP contribution in [0.3, 0.4) is 0 Å². The third-order valence-corrected chi connectivity index (χ3v) is 2.64. The quantitative estimate of drug-likeness (QED) is 0.233. The molecule has 0 saturated carbocycles. The summed E-state index contributed by atoms with van der Waals surface area (Å²) in [6, 6.07) is 0. The van der Waals surface area contributed by atoms with Crippen molar-refractivity contribution in [2.75, 3.05) is 14.2 Å². The lowest BCUT2D eigenvalue weighted by Gasteiger charge is -2.24. The van der Waals surface area contributed by atoms with Gasteiger partial charge in [-0.25, -0.2) is 0 Å². The topological polar surface area (TPSA) is 52.6 Å². The average molecular weight is 264 g/mol. The molecule has 104 valence electrons. The van der Waals surface area contributed by atoms with Crippen LogP contribution in [-0.2, 0) is 19.1 Å². The Hall–Kier alpha value is -2.02. The summed E-state index contributed by atoms with van der Waals surface area (Å²) < 4.78 is 9.46. The van der Waals surface area contributed by atoms with E-state index in [1.165, 1.54) is 20.3 Å². The van der Waals surface area contributed by atoms with Crippen molar-refractivity contribution in [3.8, 4) is 12.3 Å². The van der Waals surface area contributed by atoms with Gasteiger partial charge in [-0.15, -0.1) is 12.3 Å². The SMILES string of the molecule is C#CCCCC(/C=C/C(=C)C)(C(=O)OC)C(=O)OC. The van der Waals surface area contributed by atoms with Gasteiger partial charge in [0.25, 0.3) is 0 Å². The normalized spacial score (nSPS) is 10.8. The number of terminal acetylenes is 1.